The van der Waals surface area contributed by atoms with Gasteiger partial charge in [-0.05, 0) is 51.3 Å². The lowest BCUT2D eigenvalue weighted by Gasteiger charge is -2.11. The van der Waals surface area contributed by atoms with Gasteiger partial charge in [-0.1, -0.05) is 11.8 Å². The van der Waals surface area contributed by atoms with Gasteiger partial charge in [0.2, 0.25) is 0 Å². The molecule has 2 N–H and O–H groups in total. The summed E-state index contributed by atoms with van der Waals surface area (Å²) in [5.41, 5.74) is 1.31. The van der Waals surface area contributed by atoms with Gasteiger partial charge in [0.1, 0.15) is 11.6 Å². The molecule has 2 heterocycles. The van der Waals surface area contributed by atoms with Crippen molar-refractivity contribution in [1.29, 1.82) is 0 Å². The average molecular weight is 459 g/mol. The fourth-order valence-corrected chi connectivity index (χ4v) is 3.41. The molecule has 0 radical (unpaired) electrons. The van der Waals surface area contributed by atoms with Gasteiger partial charge in [0.05, 0.1) is 30.8 Å². The number of hydrogen-bond donors (Lipinski definition) is 2. The third kappa shape index (κ3) is 6.33. The summed E-state index contributed by atoms with van der Waals surface area (Å²) in [5, 5.41) is 12.2. The van der Waals surface area contributed by atoms with Crippen LogP contribution in [0.15, 0.2) is 35.6 Å². The smallest absolute Gasteiger partial charge is 0.251 e. The Morgan fingerprint density at radius 3 is 2.66 bits per heavy atom. The monoisotopic (exact) mass is 458 g/mol. The summed E-state index contributed by atoms with van der Waals surface area (Å²) in [6.45, 7) is 8.74. The number of thioether (sulfide) groups is 1. The van der Waals surface area contributed by atoms with Gasteiger partial charge in [-0.15, -0.1) is 0 Å². The normalized spacial score (nSPS) is 11.2. The molecule has 3 aromatic rings. The first-order valence-electron chi connectivity index (χ1n) is 10.7. The van der Waals surface area contributed by atoms with Gasteiger partial charge in [-0.25, -0.2) is 14.6 Å². The van der Waals surface area contributed by atoms with Crippen LogP contribution in [0, 0.1) is 0 Å². The number of amides is 1. The van der Waals surface area contributed by atoms with Crippen molar-refractivity contribution >= 4 is 34.5 Å². The molecule has 0 aliphatic carbocycles. The van der Waals surface area contributed by atoms with Gasteiger partial charge < -0.3 is 20.1 Å². The van der Waals surface area contributed by atoms with E-state index in [1.165, 1.54) is 11.8 Å². The SMILES string of the molecule is CCOCCNc1nc(SC)nc2c1cnn2CCNC(=O)c1ccc(OC(C)C)cc1. The predicted octanol–water partition coefficient (Wildman–Crippen LogP) is 3.21. The minimum absolute atomic E-state index is 0.0920. The first kappa shape index (κ1) is 23.8. The average Bonchev–Trinajstić information content (AvgIpc) is 3.19. The molecule has 3 rings (SSSR count). The van der Waals surface area contributed by atoms with E-state index in [9.17, 15) is 4.79 Å². The number of carbonyl (C=O) groups is 1. The largest absolute Gasteiger partial charge is 0.491 e. The van der Waals surface area contributed by atoms with Crippen LogP contribution in [0.5, 0.6) is 5.75 Å². The van der Waals surface area contributed by atoms with E-state index in [4.69, 9.17) is 9.47 Å². The number of nitrogens with zero attached hydrogens (tertiary/aromatic N) is 4. The van der Waals surface area contributed by atoms with Crippen LogP contribution >= 0.6 is 11.8 Å². The Hall–Kier alpha value is -2.85. The first-order chi connectivity index (χ1) is 15.5. The molecule has 0 bridgehead atoms. The van der Waals surface area contributed by atoms with E-state index >= 15 is 0 Å². The second kappa shape index (κ2) is 11.7. The van der Waals surface area contributed by atoms with Gasteiger partial charge in [-0.2, -0.15) is 5.10 Å². The number of anilines is 1. The summed E-state index contributed by atoms with van der Waals surface area (Å²) in [6.07, 6.45) is 3.77. The summed E-state index contributed by atoms with van der Waals surface area (Å²) in [7, 11) is 0. The van der Waals surface area contributed by atoms with Gasteiger partial charge >= 0.3 is 0 Å². The van der Waals surface area contributed by atoms with Crippen LogP contribution in [-0.2, 0) is 11.3 Å². The van der Waals surface area contributed by atoms with Crippen molar-refractivity contribution in [3.63, 3.8) is 0 Å². The highest BCUT2D eigenvalue weighted by atomic mass is 32.2. The zero-order chi connectivity index (χ0) is 22.9. The van der Waals surface area contributed by atoms with E-state index in [-0.39, 0.29) is 12.0 Å². The number of benzene rings is 1. The molecule has 172 valence electrons. The van der Waals surface area contributed by atoms with Gasteiger partial charge in [0.25, 0.3) is 5.91 Å². The lowest BCUT2D eigenvalue weighted by atomic mass is 10.2. The minimum atomic E-state index is -0.143. The minimum Gasteiger partial charge on any atom is -0.491 e. The molecule has 0 aliphatic heterocycles. The standard InChI is InChI=1S/C22H30N6O3S/c1-5-30-13-11-23-19-18-14-25-28(20(18)27-22(26-19)32-4)12-10-24-21(29)16-6-8-17(9-7-16)31-15(2)3/h6-9,14-15H,5,10-13H2,1-4H3,(H,24,29)(H,23,26,27). The van der Waals surface area contributed by atoms with Crippen molar-refractivity contribution in [2.24, 2.45) is 0 Å². The topological polar surface area (TPSA) is 103 Å². The van der Waals surface area contributed by atoms with E-state index in [0.29, 0.717) is 43.6 Å². The highest BCUT2D eigenvalue weighted by molar-refractivity contribution is 7.98. The maximum atomic E-state index is 12.5. The fourth-order valence-electron chi connectivity index (χ4n) is 3.05. The molecule has 0 unspecified atom stereocenters. The molecule has 0 aliphatic rings. The molecule has 32 heavy (non-hydrogen) atoms. The number of ether oxygens (including phenoxy) is 2. The molecule has 0 fully saturated rings. The Bertz CT molecular complexity index is 1020. The van der Waals surface area contributed by atoms with Crippen LogP contribution in [0.25, 0.3) is 11.0 Å². The Kier molecular flexibility index (Phi) is 8.69. The van der Waals surface area contributed by atoms with Crippen LogP contribution in [0.3, 0.4) is 0 Å². The molecule has 1 amide bonds. The van der Waals surface area contributed by atoms with E-state index in [2.05, 4.69) is 25.7 Å². The molecular formula is C22H30N6O3S. The molecule has 10 heteroatoms. The highest BCUT2D eigenvalue weighted by Crippen LogP contribution is 2.23. The number of aromatic nitrogens is 4. The molecule has 9 nitrogen and oxygen atoms in total. The number of nitrogens with one attached hydrogen (secondary N) is 2. The zero-order valence-corrected chi connectivity index (χ0v) is 19.7. The lowest BCUT2D eigenvalue weighted by molar-refractivity contribution is 0.0952. The van der Waals surface area contributed by atoms with Crippen molar-refractivity contribution in [2.75, 3.05) is 37.9 Å². The van der Waals surface area contributed by atoms with Crippen LogP contribution in [0.4, 0.5) is 5.82 Å². The predicted molar refractivity (Wildman–Crippen MR) is 127 cm³/mol. The second-order valence-electron chi connectivity index (χ2n) is 7.23. The molecule has 0 saturated heterocycles. The number of hydrogen-bond acceptors (Lipinski definition) is 8. The lowest BCUT2D eigenvalue weighted by Crippen LogP contribution is -2.27. The fraction of sp³-hybridized carbons (Fsp3) is 0.455. The van der Waals surface area contributed by atoms with Crippen molar-refractivity contribution in [3.8, 4) is 5.75 Å². The third-order valence-electron chi connectivity index (χ3n) is 4.50. The van der Waals surface area contributed by atoms with Crippen molar-refractivity contribution in [2.45, 2.75) is 38.6 Å². The number of rotatable bonds is 12. The maximum absolute atomic E-state index is 12.5. The maximum Gasteiger partial charge on any atom is 0.251 e. The van der Waals surface area contributed by atoms with E-state index in [1.807, 2.05) is 27.0 Å². The van der Waals surface area contributed by atoms with Crippen molar-refractivity contribution in [3.05, 3.63) is 36.0 Å². The summed E-state index contributed by atoms with van der Waals surface area (Å²) >= 11 is 1.47. The van der Waals surface area contributed by atoms with Crippen molar-refractivity contribution < 1.29 is 14.3 Å². The van der Waals surface area contributed by atoms with E-state index < -0.39 is 0 Å². The molecule has 0 atom stereocenters. The Morgan fingerprint density at radius 1 is 1.19 bits per heavy atom. The Balaban J connectivity index is 1.62. The van der Waals surface area contributed by atoms with Crippen LogP contribution in [0.2, 0.25) is 0 Å². The quantitative estimate of drug-likeness (QED) is 0.242. The number of fused-ring (bicyclic) bond motifs is 1. The van der Waals surface area contributed by atoms with E-state index in [0.717, 1.165) is 22.6 Å². The van der Waals surface area contributed by atoms with E-state index in [1.54, 1.807) is 35.1 Å². The van der Waals surface area contributed by atoms with Crippen LogP contribution in [-0.4, -0.2) is 64.3 Å². The molecule has 2 aromatic heterocycles. The summed E-state index contributed by atoms with van der Waals surface area (Å²) < 4.78 is 12.8. The number of carbonyl (C=O) groups excluding carboxylic acids is 1. The zero-order valence-electron chi connectivity index (χ0n) is 18.9. The first-order valence-corrected chi connectivity index (χ1v) is 11.9. The summed E-state index contributed by atoms with van der Waals surface area (Å²) in [5.74, 6) is 1.34. The van der Waals surface area contributed by atoms with Gasteiger partial charge in [0.15, 0.2) is 10.8 Å². The summed E-state index contributed by atoms with van der Waals surface area (Å²) in [6, 6.07) is 7.12. The summed E-state index contributed by atoms with van der Waals surface area (Å²) in [4.78, 5) is 21.6. The Morgan fingerprint density at radius 2 is 1.97 bits per heavy atom. The molecule has 1 aromatic carbocycles. The second-order valence-corrected chi connectivity index (χ2v) is 8.01. The van der Waals surface area contributed by atoms with Gasteiger partial charge in [0, 0.05) is 25.3 Å². The van der Waals surface area contributed by atoms with Crippen LogP contribution in [0.1, 0.15) is 31.1 Å². The third-order valence-corrected chi connectivity index (χ3v) is 5.05. The highest BCUT2D eigenvalue weighted by Gasteiger charge is 2.13. The molecule has 0 spiro atoms. The molecule has 0 saturated carbocycles. The van der Waals surface area contributed by atoms with Crippen LogP contribution < -0.4 is 15.4 Å². The van der Waals surface area contributed by atoms with Gasteiger partial charge in [-0.3, -0.25) is 4.79 Å². The van der Waals surface area contributed by atoms with Crippen molar-refractivity contribution in [1.82, 2.24) is 25.1 Å². The Labute approximate surface area is 192 Å². The molecular weight excluding hydrogens is 428 g/mol.